The van der Waals surface area contributed by atoms with E-state index in [0.717, 1.165) is 22.9 Å². The highest BCUT2D eigenvalue weighted by molar-refractivity contribution is 7.15. The largest absolute Gasteiger partial charge is 0.369 e. The van der Waals surface area contributed by atoms with Gasteiger partial charge in [-0.2, -0.15) is 5.26 Å². The topological polar surface area (TPSA) is 61.6 Å². The smallest absolute Gasteiger partial charge is 0.145 e. The van der Waals surface area contributed by atoms with Crippen LogP contribution >= 0.6 is 11.3 Å². The zero-order valence-electron chi connectivity index (χ0n) is 8.77. The van der Waals surface area contributed by atoms with Crippen LogP contribution in [0.4, 0.5) is 5.82 Å². The lowest BCUT2D eigenvalue weighted by molar-refractivity contribution is 1.13. The minimum absolute atomic E-state index is 0.686. The fraction of sp³-hybridized carbons (Fsp3) is 0.182. The Labute approximate surface area is 97.6 Å². The van der Waals surface area contributed by atoms with Crippen molar-refractivity contribution in [1.82, 2.24) is 9.97 Å². The highest BCUT2D eigenvalue weighted by atomic mass is 32.1. The van der Waals surface area contributed by atoms with Crippen LogP contribution in [0, 0.1) is 11.3 Å². The number of hydrogen-bond donors (Lipinski definition) is 1. The molecule has 2 heterocycles. The number of thiophene rings is 1. The van der Waals surface area contributed by atoms with Gasteiger partial charge in [0.15, 0.2) is 0 Å². The second kappa shape index (κ2) is 4.73. The summed E-state index contributed by atoms with van der Waals surface area (Å²) in [5.41, 5.74) is 0.796. The zero-order valence-corrected chi connectivity index (χ0v) is 9.58. The van der Waals surface area contributed by atoms with Crippen LogP contribution in [0.3, 0.4) is 0 Å². The SMILES string of the molecule is CCNc1cncc(-c2ccc(C#N)s2)n1. The molecule has 5 heteroatoms. The molecule has 16 heavy (non-hydrogen) atoms. The summed E-state index contributed by atoms with van der Waals surface area (Å²) in [7, 11) is 0. The molecule has 80 valence electrons. The van der Waals surface area contributed by atoms with E-state index >= 15 is 0 Å². The third kappa shape index (κ3) is 2.18. The lowest BCUT2D eigenvalue weighted by atomic mass is 10.3. The van der Waals surface area contributed by atoms with E-state index in [4.69, 9.17) is 5.26 Å². The van der Waals surface area contributed by atoms with Crippen LogP contribution in [0.1, 0.15) is 11.8 Å². The third-order valence-electron chi connectivity index (χ3n) is 1.96. The molecule has 2 rings (SSSR count). The molecule has 2 aromatic heterocycles. The fourth-order valence-corrected chi connectivity index (χ4v) is 2.04. The molecule has 0 spiro atoms. The minimum Gasteiger partial charge on any atom is -0.369 e. The van der Waals surface area contributed by atoms with Crippen LogP contribution in [0.25, 0.3) is 10.6 Å². The van der Waals surface area contributed by atoms with E-state index in [1.165, 1.54) is 11.3 Å². The van der Waals surface area contributed by atoms with Gasteiger partial charge in [0.1, 0.15) is 22.5 Å². The van der Waals surface area contributed by atoms with Gasteiger partial charge >= 0.3 is 0 Å². The maximum absolute atomic E-state index is 8.75. The first-order valence-electron chi connectivity index (χ1n) is 4.89. The van der Waals surface area contributed by atoms with Crippen molar-refractivity contribution in [2.45, 2.75) is 6.92 Å². The van der Waals surface area contributed by atoms with Crippen molar-refractivity contribution >= 4 is 17.2 Å². The molecular weight excluding hydrogens is 220 g/mol. The maximum Gasteiger partial charge on any atom is 0.145 e. The van der Waals surface area contributed by atoms with Gasteiger partial charge in [-0.25, -0.2) is 4.98 Å². The van der Waals surface area contributed by atoms with Gasteiger partial charge in [0.05, 0.1) is 17.3 Å². The van der Waals surface area contributed by atoms with Crippen LogP contribution in [-0.4, -0.2) is 16.5 Å². The molecule has 1 N–H and O–H groups in total. The summed E-state index contributed by atoms with van der Waals surface area (Å²) in [6, 6.07) is 5.80. The van der Waals surface area contributed by atoms with E-state index in [-0.39, 0.29) is 0 Å². The Morgan fingerprint density at radius 2 is 2.31 bits per heavy atom. The molecule has 0 saturated carbocycles. The van der Waals surface area contributed by atoms with Gasteiger partial charge in [0.2, 0.25) is 0 Å². The standard InChI is InChI=1S/C11H10N4S/c1-2-14-11-7-13-6-9(15-11)10-4-3-8(5-12)16-10/h3-4,6-7H,2H2,1H3,(H,14,15). The molecule has 2 aromatic rings. The van der Waals surface area contributed by atoms with Gasteiger partial charge in [-0.3, -0.25) is 4.98 Å². The molecule has 0 aliphatic heterocycles. The van der Waals surface area contributed by atoms with Crippen LogP contribution in [0.2, 0.25) is 0 Å². The molecule has 4 nitrogen and oxygen atoms in total. The molecule has 0 unspecified atom stereocenters. The minimum atomic E-state index is 0.686. The van der Waals surface area contributed by atoms with Gasteiger partial charge in [-0.15, -0.1) is 11.3 Å². The van der Waals surface area contributed by atoms with Gasteiger partial charge in [-0.1, -0.05) is 0 Å². The first-order valence-corrected chi connectivity index (χ1v) is 5.71. The highest BCUT2D eigenvalue weighted by Crippen LogP contribution is 2.26. The number of nitrogens with one attached hydrogen (secondary N) is 1. The quantitative estimate of drug-likeness (QED) is 0.880. The Hall–Kier alpha value is -1.93. The second-order valence-corrected chi connectivity index (χ2v) is 4.18. The first kappa shape index (κ1) is 10.6. The second-order valence-electron chi connectivity index (χ2n) is 3.10. The highest BCUT2D eigenvalue weighted by Gasteiger charge is 2.05. The number of anilines is 1. The Balaban J connectivity index is 2.33. The van der Waals surface area contributed by atoms with E-state index < -0.39 is 0 Å². The van der Waals surface area contributed by atoms with Gasteiger partial charge in [0, 0.05) is 6.54 Å². The summed E-state index contributed by atoms with van der Waals surface area (Å²) in [6.07, 6.45) is 3.39. The van der Waals surface area contributed by atoms with Crippen molar-refractivity contribution in [1.29, 1.82) is 5.26 Å². The molecule has 0 amide bonds. The Bertz CT molecular complexity index is 527. The molecule has 0 saturated heterocycles. The molecule has 0 fully saturated rings. The Morgan fingerprint density at radius 3 is 3.00 bits per heavy atom. The number of hydrogen-bond acceptors (Lipinski definition) is 5. The molecule has 0 atom stereocenters. The molecule has 0 aromatic carbocycles. The van der Waals surface area contributed by atoms with E-state index in [1.807, 2.05) is 13.0 Å². The van der Waals surface area contributed by atoms with Crippen molar-refractivity contribution in [3.63, 3.8) is 0 Å². The predicted octanol–water partition coefficient (Wildman–Crippen LogP) is 2.51. The monoisotopic (exact) mass is 230 g/mol. The van der Waals surface area contributed by atoms with Crippen LogP contribution < -0.4 is 5.32 Å². The van der Waals surface area contributed by atoms with E-state index in [9.17, 15) is 0 Å². The normalized spacial score (nSPS) is 9.75. The Kier molecular flexibility index (Phi) is 3.13. The molecule has 0 bridgehead atoms. The molecular formula is C11H10N4S. The number of rotatable bonds is 3. The van der Waals surface area contributed by atoms with Crippen LogP contribution in [0.15, 0.2) is 24.5 Å². The molecule has 0 aliphatic rings. The van der Waals surface area contributed by atoms with Gasteiger partial charge in [-0.05, 0) is 19.1 Å². The van der Waals surface area contributed by atoms with Crippen molar-refractivity contribution in [3.8, 4) is 16.6 Å². The molecule has 0 radical (unpaired) electrons. The summed E-state index contributed by atoms with van der Waals surface area (Å²) in [5.74, 6) is 0.756. The van der Waals surface area contributed by atoms with Crippen molar-refractivity contribution < 1.29 is 0 Å². The number of nitrogens with zero attached hydrogens (tertiary/aromatic N) is 3. The molecule has 0 aliphatic carbocycles. The third-order valence-corrected chi connectivity index (χ3v) is 2.97. The summed E-state index contributed by atoms with van der Waals surface area (Å²) in [5, 5.41) is 11.9. The first-order chi connectivity index (χ1) is 7.83. The summed E-state index contributed by atoms with van der Waals surface area (Å²) < 4.78 is 0. The fourth-order valence-electron chi connectivity index (χ4n) is 1.29. The summed E-state index contributed by atoms with van der Waals surface area (Å²) in [6.45, 7) is 2.82. The lowest BCUT2D eigenvalue weighted by Gasteiger charge is -2.02. The summed E-state index contributed by atoms with van der Waals surface area (Å²) >= 11 is 1.42. The van der Waals surface area contributed by atoms with E-state index in [0.29, 0.717) is 4.88 Å². The van der Waals surface area contributed by atoms with Crippen LogP contribution in [-0.2, 0) is 0 Å². The zero-order chi connectivity index (χ0) is 11.4. The average Bonchev–Trinajstić information content (AvgIpc) is 2.78. The lowest BCUT2D eigenvalue weighted by Crippen LogP contribution is -2.00. The number of nitriles is 1. The van der Waals surface area contributed by atoms with Crippen LogP contribution in [0.5, 0.6) is 0 Å². The maximum atomic E-state index is 8.75. The number of aromatic nitrogens is 2. The van der Waals surface area contributed by atoms with Gasteiger partial charge in [0.25, 0.3) is 0 Å². The van der Waals surface area contributed by atoms with E-state index in [1.54, 1.807) is 18.5 Å². The Morgan fingerprint density at radius 1 is 1.44 bits per heavy atom. The van der Waals surface area contributed by atoms with Crippen molar-refractivity contribution in [2.24, 2.45) is 0 Å². The summed E-state index contributed by atoms with van der Waals surface area (Å²) in [4.78, 5) is 10.2. The van der Waals surface area contributed by atoms with E-state index in [2.05, 4.69) is 21.4 Å². The van der Waals surface area contributed by atoms with Crippen molar-refractivity contribution in [2.75, 3.05) is 11.9 Å². The van der Waals surface area contributed by atoms with Crippen molar-refractivity contribution in [3.05, 3.63) is 29.4 Å². The average molecular weight is 230 g/mol. The predicted molar refractivity (Wildman–Crippen MR) is 64.2 cm³/mol. The van der Waals surface area contributed by atoms with Gasteiger partial charge < -0.3 is 5.32 Å².